The zero-order chi connectivity index (χ0) is 22.1. The number of carbonyl (C=O) groups is 1. The van der Waals surface area contributed by atoms with Crippen molar-refractivity contribution in [3.63, 3.8) is 0 Å². The number of hydrogen-bond acceptors (Lipinski definition) is 6. The van der Waals surface area contributed by atoms with Gasteiger partial charge in [-0.3, -0.25) is 9.36 Å². The van der Waals surface area contributed by atoms with Gasteiger partial charge in [0.1, 0.15) is 5.75 Å². The van der Waals surface area contributed by atoms with Crippen LogP contribution < -0.4 is 14.9 Å². The van der Waals surface area contributed by atoms with Gasteiger partial charge in [0.05, 0.1) is 32.9 Å². The van der Waals surface area contributed by atoms with Crippen molar-refractivity contribution in [2.24, 2.45) is 4.99 Å². The van der Waals surface area contributed by atoms with Crippen LogP contribution in [0.3, 0.4) is 0 Å². The molecule has 2 heterocycles. The highest BCUT2D eigenvalue weighted by Crippen LogP contribution is 2.30. The molecule has 2 aromatic carbocycles. The van der Waals surface area contributed by atoms with Gasteiger partial charge in [0.2, 0.25) is 0 Å². The first-order valence-corrected chi connectivity index (χ1v) is 11.2. The van der Waals surface area contributed by atoms with Crippen molar-refractivity contribution < 1.29 is 14.6 Å². The zero-order valence-corrected chi connectivity index (χ0v) is 19.2. The van der Waals surface area contributed by atoms with Gasteiger partial charge in [-0.2, -0.15) is 0 Å². The van der Waals surface area contributed by atoms with Crippen molar-refractivity contribution >= 4 is 39.3 Å². The molecule has 0 radical (unpaired) electrons. The molecule has 6 nitrogen and oxygen atoms in total. The molecular weight excluding hydrogens is 480 g/mol. The first-order chi connectivity index (χ1) is 14.9. The number of aromatic hydroxyl groups is 1. The van der Waals surface area contributed by atoms with E-state index in [2.05, 4.69) is 20.9 Å². The number of fused-ring (bicyclic) bond motifs is 1. The second-order valence-electron chi connectivity index (χ2n) is 6.92. The molecule has 3 aromatic rings. The van der Waals surface area contributed by atoms with E-state index in [0.717, 1.165) is 11.1 Å². The Hall–Kier alpha value is -2.97. The average molecular weight is 499 g/mol. The van der Waals surface area contributed by atoms with E-state index in [4.69, 9.17) is 4.74 Å². The van der Waals surface area contributed by atoms with Crippen LogP contribution in [0.4, 0.5) is 0 Å². The van der Waals surface area contributed by atoms with Gasteiger partial charge in [0.25, 0.3) is 5.56 Å². The first-order valence-electron chi connectivity index (χ1n) is 9.64. The molecule has 4 rings (SSSR count). The van der Waals surface area contributed by atoms with E-state index in [-0.39, 0.29) is 17.9 Å². The average Bonchev–Trinajstić information content (AvgIpc) is 3.05. The molecule has 0 aliphatic carbocycles. The molecule has 1 aliphatic heterocycles. The van der Waals surface area contributed by atoms with Crippen molar-refractivity contribution in [1.29, 1.82) is 0 Å². The minimum absolute atomic E-state index is 0.123. The molecule has 1 atom stereocenters. The van der Waals surface area contributed by atoms with Crippen molar-refractivity contribution in [1.82, 2.24) is 4.57 Å². The van der Waals surface area contributed by atoms with E-state index in [1.54, 1.807) is 42.7 Å². The lowest BCUT2D eigenvalue weighted by Crippen LogP contribution is -2.39. The van der Waals surface area contributed by atoms with Crippen LogP contribution in [0.25, 0.3) is 6.08 Å². The lowest BCUT2D eigenvalue weighted by molar-refractivity contribution is -0.139. The summed E-state index contributed by atoms with van der Waals surface area (Å²) in [5, 5.41) is 9.72. The number of esters is 1. The number of aromatic nitrogens is 1. The third kappa shape index (κ3) is 4.00. The van der Waals surface area contributed by atoms with Crippen LogP contribution in [0.1, 0.15) is 31.0 Å². The van der Waals surface area contributed by atoms with Crippen LogP contribution >= 0.6 is 27.3 Å². The maximum Gasteiger partial charge on any atom is 0.338 e. The number of ether oxygens (including phenoxy) is 1. The van der Waals surface area contributed by atoms with Crippen LogP contribution in [0.5, 0.6) is 5.75 Å². The summed E-state index contributed by atoms with van der Waals surface area (Å²) in [6.07, 6.45) is 1.75. The minimum Gasteiger partial charge on any atom is -0.507 e. The second-order valence-corrected chi connectivity index (χ2v) is 8.79. The molecule has 1 N–H and O–H groups in total. The molecule has 8 heteroatoms. The number of hydrogen-bond donors (Lipinski definition) is 1. The summed E-state index contributed by atoms with van der Waals surface area (Å²) in [6.45, 7) is 3.74. The van der Waals surface area contributed by atoms with Crippen LogP contribution in [0.2, 0.25) is 0 Å². The van der Waals surface area contributed by atoms with Gasteiger partial charge in [-0.05, 0) is 59.1 Å². The standard InChI is InChI=1S/C23H19BrN2O4S/c1-3-30-22(29)19-13(2)25-23-26(20(19)15-7-5-4-6-8-15)21(28)18(31-23)12-14-9-10-17(27)16(24)11-14/h4-12,20,27H,3H2,1-2H3/b18-12+. The van der Waals surface area contributed by atoms with Crippen LogP contribution in [-0.4, -0.2) is 22.2 Å². The molecule has 31 heavy (non-hydrogen) atoms. The van der Waals surface area contributed by atoms with Crippen LogP contribution in [0, 0.1) is 0 Å². The van der Waals surface area contributed by atoms with Gasteiger partial charge in [-0.15, -0.1) is 0 Å². The molecule has 0 bridgehead atoms. The van der Waals surface area contributed by atoms with E-state index in [9.17, 15) is 14.7 Å². The summed E-state index contributed by atoms with van der Waals surface area (Å²) in [5.74, 6) is -0.355. The van der Waals surface area contributed by atoms with E-state index < -0.39 is 12.0 Å². The highest BCUT2D eigenvalue weighted by atomic mass is 79.9. The van der Waals surface area contributed by atoms with E-state index in [1.165, 1.54) is 11.3 Å². The highest BCUT2D eigenvalue weighted by Gasteiger charge is 2.33. The monoisotopic (exact) mass is 498 g/mol. The Kier molecular flexibility index (Phi) is 5.93. The lowest BCUT2D eigenvalue weighted by atomic mass is 9.96. The van der Waals surface area contributed by atoms with Crippen molar-refractivity contribution in [2.45, 2.75) is 19.9 Å². The molecule has 0 saturated heterocycles. The summed E-state index contributed by atoms with van der Waals surface area (Å²) < 4.78 is 7.86. The van der Waals surface area contributed by atoms with E-state index in [0.29, 0.717) is 25.1 Å². The Morgan fingerprint density at radius 3 is 2.71 bits per heavy atom. The molecule has 1 unspecified atom stereocenters. The molecule has 1 aliphatic rings. The quantitative estimate of drug-likeness (QED) is 0.559. The minimum atomic E-state index is -0.620. The topological polar surface area (TPSA) is 80.9 Å². The number of carbonyl (C=O) groups excluding carboxylic acids is 1. The predicted molar refractivity (Wildman–Crippen MR) is 123 cm³/mol. The number of halogens is 1. The SMILES string of the molecule is CCOC(=O)C1=C(C)N=c2s/c(=C/c3ccc(O)c(Br)c3)c(=O)n2C1c1ccccc1. The highest BCUT2D eigenvalue weighted by molar-refractivity contribution is 9.10. The number of phenols is 1. The van der Waals surface area contributed by atoms with Gasteiger partial charge in [0, 0.05) is 0 Å². The fourth-order valence-electron chi connectivity index (χ4n) is 3.51. The molecule has 0 fully saturated rings. The first kappa shape index (κ1) is 21.3. The number of allylic oxidation sites excluding steroid dienone is 1. The summed E-state index contributed by atoms with van der Waals surface area (Å²) >= 11 is 4.56. The fourth-order valence-corrected chi connectivity index (χ4v) is 4.95. The number of thiazole rings is 1. The number of benzene rings is 2. The van der Waals surface area contributed by atoms with Gasteiger partial charge in [0.15, 0.2) is 4.80 Å². The van der Waals surface area contributed by atoms with Gasteiger partial charge in [-0.1, -0.05) is 47.7 Å². The maximum absolute atomic E-state index is 13.4. The van der Waals surface area contributed by atoms with Crippen molar-refractivity contribution in [3.8, 4) is 5.75 Å². The third-order valence-corrected chi connectivity index (χ3v) is 6.52. The van der Waals surface area contributed by atoms with Gasteiger partial charge < -0.3 is 9.84 Å². The van der Waals surface area contributed by atoms with Crippen LogP contribution in [-0.2, 0) is 9.53 Å². The lowest BCUT2D eigenvalue weighted by Gasteiger charge is -2.24. The smallest absolute Gasteiger partial charge is 0.338 e. The van der Waals surface area contributed by atoms with Crippen molar-refractivity contribution in [2.75, 3.05) is 6.61 Å². The third-order valence-electron chi connectivity index (χ3n) is 4.90. The summed E-state index contributed by atoms with van der Waals surface area (Å²) in [7, 11) is 0. The van der Waals surface area contributed by atoms with E-state index in [1.807, 2.05) is 30.3 Å². The molecule has 0 saturated carbocycles. The van der Waals surface area contributed by atoms with Gasteiger partial charge >= 0.3 is 5.97 Å². The molecule has 1 aromatic heterocycles. The number of nitrogens with zero attached hydrogens (tertiary/aromatic N) is 2. The molecule has 0 amide bonds. The van der Waals surface area contributed by atoms with Gasteiger partial charge in [-0.25, -0.2) is 9.79 Å². The Morgan fingerprint density at radius 2 is 2.03 bits per heavy atom. The molecule has 0 spiro atoms. The summed E-state index contributed by atoms with van der Waals surface area (Å²) in [5.41, 5.74) is 2.22. The summed E-state index contributed by atoms with van der Waals surface area (Å²) in [4.78, 5) is 31.3. The Balaban J connectivity index is 1.95. The number of phenolic OH excluding ortho intramolecular Hbond substituents is 1. The van der Waals surface area contributed by atoms with Crippen LogP contribution in [0.15, 0.2) is 74.1 Å². The van der Waals surface area contributed by atoms with Crippen molar-refractivity contribution in [3.05, 3.63) is 95.1 Å². The largest absolute Gasteiger partial charge is 0.507 e. The molecular formula is C23H19BrN2O4S. The molecule has 158 valence electrons. The Bertz CT molecular complexity index is 1370. The number of rotatable bonds is 4. The fraction of sp³-hybridized carbons (Fsp3) is 0.174. The Morgan fingerprint density at radius 1 is 1.29 bits per heavy atom. The predicted octanol–water partition coefficient (Wildman–Crippen LogP) is 3.27. The maximum atomic E-state index is 13.4. The normalized spacial score (nSPS) is 16.1. The zero-order valence-electron chi connectivity index (χ0n) is 16.8. The second kappa shape index (κ2) is 8.64. The Labute approximate surface area is 190 Å². The van der Waals surface area contributed by atoms with E-state index >= 15 is 0 Å². The summed E-state index contributed by atoms with van der Waals surface area (Å²) in [6, 6.07) is 13.8.